The van der Waals surface area contributed by atoms with Crippen LogP contribution in [0.2, 0.25) is 0 Å². The molecule has 1 saturated heterocycles. The van der Waals surface area contributed by atoms with E-state index in [4.69, 9.17) is 20.4 Å². The number of rotatable bonds is 6. The second-order valence-electron chi connectivity index (χ2n) is 3.46. The highest BCUT2D eigenvalue weighted by Crippen LogP contribution is 2.00. The Morgan fingerprint density at radius 3 is 1.33 bits per heavy atom. The summed E-state index contributed by atoms with van der Waals surface area (Å²) in [7, 11) is 0. The minimum Gasteiger partial charge on any atom is -0.481 e. The Morgan fingerprint density at radius 2 is 1.17 bits per heavy atom. The summed E-state index contributed by atoms with van der Waals surface area (Å²) in [5.74, 6) is -5.75. The average molecular weight is 354 g/mol. The van der Waals surface area contributed by atoms with Crippen LogP contribution < -0.4 is 0 Å². The van der Waals surface area contributed by atoms with Gasteiger partial charge in [-0.05, 0) is 0 Å². The van der Waals surface area contributed by atoms with Gasteiger partial charge in [0, 0.05) is 0 Å². The van der Waals surface area contributed by atoms with E-state index in [0.717, 1.165) is 0 Å². The second-order valence-corrected chi connectivity index (χ2v) is 3.46. The molecule has 24 heavy (non-hydrogen) atoms. The molecule has 136 valence electrons. The fourth-order valence-corrected chi connectivity index (χ4v) is 0.746. The molecule has 13 heteroatoms. The summed E-state index contributed by atoms with van der Waals surface area (Å²) in [6.45, 7) is -1.54. The molecule has 0 saturated carbocycles. The molecular formula is C11H14O13. The molecule has 0 aromatic heterocycles. The molecule has 0 bridgehead atoms. The van der Waals surface area contributed by atoms with E-state index in [0.29, 0.717) is 0 Å². The van der Waals surface area contributed by atoms with Gasteiger partial charge in [0.1, 0.15) is 26.1 Å². The van der Waals surface area contributed by atoms with Gasteiger partial charge in [0.2, 0.25) is 6.79 Å². The lowest BCUT2D eigenvalue weighted by molar-refractivity contribution is -0.175. The lowest BCUT2D eigenvalue weighted by atomic mass is 10.4. The van der Waals surface area contributed by atoms with Gasteiger partial charge >= 0.3 is 35.8 Å². The first kappa shape index (κ1) is 23.2. The van der Waals surface area contributed by atoms with Crippen LogP contribution >= 0.6 is 0 Å². The highest BCUT2D eigenvalue weighted by Gasteiger charge is 2.24. The van der Waals surface area contributed by atoms with Crippen LogP contribution in [0.5, 0.6) is 0 Å². The standard InChI is InChI=1S/C7H8O8.C3H2O3.CH4O2/c8-4(9)1-6(12)14-3-15-7(13)2-5(10)11;4-2-1-3(5)6-2;2-1-3/h1-3H2,(H,8,9)(H,10,11);1H2;2-3H,1H2. The lowest BCUT2D eigenvalue weighted by Crippen LogP contribution is -2.26. The first-order valence-electron chi connectivity index (χ1n) is 5.82. The highest BCUT2D eigenvalue weighted by molar-refractivity contribution is 6.06. The van der Waals surface area contributed by atoms with Crippen LogP contribution in [0.25, 0.3) is 0 Å². The third kappa shape index (κ3) is 17.0. The normalized spacial score (nSPS) is 11.2. The molecule has 0 aromatic carbocycles. The zero-order valence-electron chi connectivity index (χ0n) is 12.0. The Morgan fingerprint density at radius 1 is 0.875 bits per heavy atom. The Labute approximate surface area is 133 Å². The van der Waals surface area contributed by atoms with Gasteiger partial charge in [0.25, 0.3) is 0 Å². The summed E-state index contributed by atoms with van der Waals surface area (Å²) in [6.07, 6.45) is -1.73. The molecular weight excluding hydrogens is 340 g/mol. The third-order valence-electron chi connectivity index (χ3n) is 1.55. The highest BCUT2D eigenvalue weighted by atomic mass is 16.7. The minimum absolute atomic E-state index is 0.0278. The topological polar surface area (TPSA) is 211 Å². The maximum atomic E-state index is 10.5. The van der Waals surface area contributed by atoms with E-state index in [1.165, 1.54) is 0 Å². The van der Waals surface area contributed by atoms with E-state index >= 15 is 0 Å². The zero-order valence-corrected chi connectivity index (χ0v) is 12.0. The van der Waals surface area contributed by atoms with Crippen molar-refractivity contribution in [2.24, 2.45) is 0 Å². The van der Waals surface area contributed by atoms with Crippen LogP contribution in [0, 0.1) is 0 Å². The van der Waals surface area contributed by atoms with Gasteiger partial charge in [0.05, 0.1) is 0 Å². The van der Waals surface area contributed by atoms with E-state index in [1.54, 1.807) is 0 Å². The van der Waals surface area contributed by atoms with E-state index in [9.17, 15) is 28.8 Å². The predicted molar refractivity (Wildman–Crippen MR) is 66.6 cm³/mol. The molecule has 1 heterocycles. The molecule has 0 aromatic rings. The molecule has 1 fully saturated rings. The fraction of sp³-hybridized carbons (Fsp3) is 0.455. The van der Waals surface area contributed by atoms with E-state index in [1.807, 2.05) is 0 Å². The van der Waals surface area contributed by atoms with Crippen molar-refractivity contribution in [3.8, 4) is 0 Å². The summed E-state index contributed by atoms with van der Waals surface area (Å²) in [6, 6.07) is 0. The van der Waals surface area contributed by atoms with Gasteiger partial charge in [0.15, 0.2) is 0 Å². The number of esters is 4. The SMILES string of the molecule is O=C(O)CC(=O)OCOC(=O)CC(=O)O.O=C1CC(=O)O1.OCO. The molecule has 0 amide bonds. The van der Waals surface area contributed by atoms with Crippen LogP contribution in [0.15, 0.2) is 0 Å². The van der Waals surface area contributed by atoms with Crippen LogP contribution in [-0.2, 0) is 43.0 Å². The largest absolute Gasteiger partial charge is 0.481 e. The van der Waals surface area contributed by atoms with Crippen LogP contribution in [0.3, 0.4) is 0 Å². The van der Waals surface area contributed by atoms with Crippen molar-refractivity contribution >= 4 is 35.8 Å². The van der Waals surface area contributed by atoms with Gasteiger partial charge in [-0.2, -0.15) is 0 Å². The van der Waals surface area contributed by atoms with Gasteiger partial charge < -0.3 is 34.6 Å². The van der Waals surface area contributed by atoms with Crippen LogP contribution in [-0.4, -0.2) is 69.8 Å². The molecule has 0 spiro atoms. The van der Waals surface area contributed by atoms with Gasteiger partial charge in [-0.3, -0.25) is 28.8 Å². The molecule has 0 aliphatic carbocycles. The molecule has 4 N–H and O–H groups in total. The summed E-state index contributed by atoms with van der Waals surface area (Å²) >= 11 is 0. The zero-order chi connectivity index (χ0) is 19.1. The van der Waals surface area contributed by atoms with E-state index in [-0.39, 0.29) is 6.42 Å². The van der Waals surface area contributed by atoms with Crippen LogP contribution in [0.4, 0.5) is 0 Å². The number of carboxylic acids is 2. The summed E-state index contributed by atoms with van der Waals surface area (Å²) in [5.41, 5.74) is 0. The molecule has 0 atom stereocenters. The maximum absolute atomic E-state index is 10.5. The Kier molecular flexibility index (Phi) is 13.1. The molecule has 1 rings (SSSR count). The van der Waals surface area contributed by atoms with Gasteiger partial charge in [-0.25, -0.2) is 0 Å². The number of aliphatic hydroxyl groups excluding tert-OH is 1. The third-order valence-corrected chi connectivity index (χ3v) is 1.55. The number of hydrogen-bond acceptors (Lipinski definition) is 11. The fourth-order valence-electron chi connectivity index (χ4n) is 0.746. The van der Waals surface area contributed by atoms with Crippen molar-refractivity contribution < 1.29 is 63.4 Å². The van der Waals surface area contributed by atoms with E-state index in [2.05, 4.69) is 14.2 Å². The van der Waals surface area contributed by atoms with Crippen molar-refractivity contribution in [3.63, 3.8) is 0 Å². The van der Waals surface area contributed by atoms with Crippen molar-refractivity contribution in [2.45, 2.75) is 19.3 Å². The quantitative estimate of drug-likeness (QED) is 0.218. The second kappa shape index (κ2) is 13.6. The first-order chi connectivity index (χ1) is 11.1. The van der Waals surface area contributed by atoms with Gasteiger partial charge in [-0.15, -0.1) is 0 Å². The van der Waals surface area contributed by atoms with Crippen LogP contribution in [0.1, 0.15) is 19.3 Å². The van der Waals surface area contributed by atoms with Crippen molar-refractivity contribution in [1.29, 1.82) is 0 Å². The molecule has 1 aliphatic rings. The summed E-state index contributed by atoms with van der Waals surface area (Å²) < 4.78 is 12.2. The monoisotopic (exact) mass is 354 g/mol. The Bertz CT molecular complexity index is 430. The smallest absolute Gasteiger partial charge is 0.324 e. The number of aliphatic carboxylic acids is 2. The lowest BCUT2D eigenvalue weighted by Gasteiger charge is -2.06. The Balaban J connectivity index is 0. The van der Waals surface area contributed by atoms with E-state index < -0.39 is 62.2 Å². The maximum Gasteiger partial charge on any atom is 0.324 e. The summed E-state index contributed by atoms with van der Waals surface area (Å²) in [4.78, 5) is 60.4. The number of carbonyl (C=O) groups excluding carboxylic acids is 4. The summed E-state index contributed by atoms with van der Waals surface area (Å²) in [5, 5.41) is 30.5. The molecule has 1 aliphatic heterocycles. The van der Waals surface area contributed by atoms with Crippen molar-refractivity contribution in [3.05, 3.63) is 0 Å². The van der Waals surface area contributed by atoms with Crippen molar-refractivity contribution in [2.75, 3.05) is 13.6 Å². The number of carboxylic acid groups (broad SMARTS) is 2. The first-order valence-corrected chi connectivity index (χ1v) is 5.82. The van der Waals surface area contributed by atoms with Crippen molar-refractivity contribution in [1.82, 2.24) is 0 Å². The predicted octanol–water partition coefficient (Wildman–Crippen LogP) is -2.63. The number of cyclic esters (lactones) is 2. The van der Waals surface area contributed by atoms with Gasteiger partial charge in [-0.1, -0.05) is 0 Å². The average Bonchev–Trinajstić information content (AvgIpc) is 2.37. The molecule has 0 unspecified atom stereocenters. The molecule has 0 radical (unpaired) electrons. The number of hydrogen-bond donors (Lipinski definition) is 4. The minimum atomic E-state index is -1.38. The number of ether oxygens (including phenoxy) is 3. The number of carbonyl (C=O) groups is 6. The molecule has 13 nitrogen and oxygen atoms in total. The number of aliphatic hydroxyl groups is 2. The Hall–Kier alpha value is -3.06.